The first-order valence-electron chi connectivity index (χ1n) is 5.78. The van der Waals surface area contributed by atoms with Crippen LogP contribution in [-0.4, -0.2) is 25.2 Å². The lowest BCUT2D eigenvalue weighted by Gasteiger charge is -2.23. The van der Waals surface area contributed by atoms with E-state index in [9.17, 15) is 0 Å². The van der Waals surface area contributed by atoms with E-state index >= 15 is 0 Å². The first-order chi connectivity index (χ1) is 8.38. The van der Waals surface area contributed by atoms with Crippen LogP contribution >= 0.6 is 11.6 Å². The van der Waals surface area contributed by atoms with E-state index in [4.69, 9.17) is 21.1 Å². The fourth-order valence-electron chi connectivity index (χ4n) is 1.78. The Balaban J connectivity index is 2.00. The van der Waals surface area contributed by atoms with E-state index < -0.39 is 0 Å². The maximum Gasteiger partial charge on any atom is 0.122 e. The molecule has 2 nitrogen and oxygen atoms in total. The van der Waals surface area contributed by atoms with Crippen LogP contribution in [0.15, 0.2) is 24.3 Å². The molecule has 3 heteroatoms. The Morgan fingerprint density at radius 3 is 3.18 bits per heavy atom. The molecule has 0 saturated carbocycles. The van der Waals surface area contributed by atoms with E-state index in [1.54, 1.807) is 0 Å². The maximum atomic E-state index is 5.85. The van der Waals surface area contributed by atoms with Crippen LogP contribution in [-0.2, 0) is 4.74 Å². The van der Waals surface area contributed by atoms with E-state index in [2.05, 4.69) is 11.8 Å². The fraction of sp³-hybridized carbons (Fsp3) is 0.429. The quantitative estimate of drug-likeness (QED) is 0.594. The van der Waals surface area contributed by atoms with Crippen molar-refractivity contribution in [3.63, 3.8) is 0 Å². The summed E-state index contributed by atoms with van der Waals surface area (Å²) in [6, 6.07) is 7.77. The van der Waals surface area contributed by atoms with Crippen LogP contribution in [0.25, 0.3) is 0 Å². The van der Waals surface area contributed by atoms with Gasteiger partial charge >= 0.3 is 0 Å². The Morgan fingerprint density at radius 2 is 2.41 bits per heavy atom. The summed E-state index contributed by atoms with van der Waals surface area (Å²) in [5.74, 6) is 7.01. The highest BCUT2D eigenvalue weighted by atomic mass is 35.5. The molecule has 1 aromatic carbocycles. The largest absolute Gasteiger partial charge is 0.488 e. The standard InChI is InChI=1S/C14H15ClO2/c15-8-2-5-12-4-1-6-13(10-12)17-14-7-3-9-16-11-14/h1,4,6,10,14H,3,7-9,11H2. The summed E-state index contributed by atoms with van der Waals surface area (Å²) >= 11 is 5.53. The molecule has 1 fully saturated rings. The lowest BCUT2D eigenvalue weighted by Crippen LogP contribution is -2.27. The molecule has 1 heterocycles. The third-order valence-electron chi connectivity index (χ3n) is 2.55. The van der Waals surface area contributed by atoms with Gasteiger partial charge in [-0.1, -0.05) is 17.9 Å². The summed E-state index contributed by atoms with van der Waals surface area (Å²) in [6.07, 6.45) is 2.29. The van der Waals surface area contributed by atoms with Crippen molar-refractivity contribution < 1.29 is 9.47 Å². The molecule has 90 valence electrons. The molecule has 0 amide bonds. The SMILES string of the molecule is ClCC#Cc1cccc(OC2CCCOC2)c1. The Morgan fingerprint density at radius 1 is 1.47 bits per heavy atom. The average molecular weight is 251 g/mol. The van der Waals surface area contributed by atoms with Gasteiger partial charge in [-0.2, -0.15) is 0 Å². The molecule has 0 aliphatic carbocycles. The van der Waals surface area contributed by atoms with Gasteiger partial charge in [-0.3, -0.25) is 0 Å². The van der Waals surface area contributed by atoms with Crippen LogP contribution < -0.4 is 4.74 Å². The smallest absolute Gasteiger partial charge is 0.122 e. The number of alkyl halides is 1. The van der Waals surface area contributed by atoms with Gasteiger partial charge in [0.25, 0.3) is 0 Å². The van der Waals surface area contributed by atoms with Crippen molar-refractivity contribution in [3.05, 3.63) is 29.8 Å². The monoisotopic (exact) mass is 250 g/mol. The third kappa shape index (κ3) is 3.96. The predicted molar refractivity (Wildman–Crippen MR) is 68.5 cm³/mol. The number of hydrogen-bond acceptors (Lipinski definition) is 2. The number of rotatable bonds is 2. The maximum absolute atomic E-state index is 5.85. The van der Waals surface area contributed by atoms with Gasteiger partial charge in [-0.15, -0.1) is 11.6 Å². The summed E-state index contributed by atoms with van der Waals surface area (Å²) in [5.41, 5.74) is 0.930. The summed E-state index contributed by atoms with van der Waals surface area (Å²) < 4.78 is 11.2. The molecule has 1 aliphatic rings. The van der Waals surface area contributed by atoms with Crippen molar-refractivity contribution in [1.82, 2.24) is 0 Å². The van der Waals surface area contributed by atoms with Crippen molar-refractivity contribution in [1.29, 1.82) is 0 Å². The van der Waals surface area contributed by atoms with Gasteiger partial charge in [0.05, 0.1) is 12.5 Å². The number of ether oxygens (including phenoxy) is 2. The Hall–Kier alpha value is -1.17. The predicted octanol–water partition coefficient (Wildman–Crippen LogP) is 2.83. The molecular formula is C14H15ClO2. The number of hydrogen-bond donors (Lipinski definition) is 0. The molecule has 1 unspecified atom stereocenters. The van der Waals surface area contributed by atoms with E-state index in [1.165, 1.54) is 0 Å². The molecule has 1 saturated heterocycles. The lowest BCUT2D eigenvalue weighted by molar-refractivity contribution is 0.00742. The van der Waals surface area contributed by atoms with Crippen LogP contribution in [0.4, 0.5) is 0 Å². The van der Waals surface area contributed by atoms with Gasteiger partial charge in [-0.25, -0.2) is 0 Å². The summed E-state index contributed by atoms with van der Waals surface area (Å²) in [6.45, 7) is 1.53. The molecular weight excluding hydrogens is 236 g/mol. The molecule has 17 heavy (non-hydrogen) atoms. The lowest BCUT2D eigenvalue weighted by atomic mass is 10.1. The van der Waals surface area contributed by atoms with Crippen LogP contribution in [0.5, 0.6) is 5.75 Å². The highest BCUT2D eigenvalue weighted by Gasteiger charge is 2.15. The molecule has 1 aliphatic heterocycles. The minimum Gasteiger partial charge on any atom is -0.488 e. The Bertz CT molecular complexity index is 414. The van der Waals surface area contributed by atoms with Gasteiger partial charge in [0.1, 0.15) is 11.9 Å². The Labute approximate surface area is 107 Å². The zero-order valence-corrected chi connectivity index (χ0v) is 10.4. The highest BCUT2D eigenvalue weighted by Crippen LogP contribution is 2.18. The molecule has 0 bridgehead atoms. The first kappa shape index (κ1) is 12.3. The van der Waals surface area contributed by atoms with E-state index in [0.717, 1.165) is 30.8 Å². The number of benzene rings is 1. The van der Waals surface area contributed by atoms with Crippen molar-refractivity contribution in [2.45, 2.75) is 18.9 Å². The third-order valence-corrected chi connectivity index (χ3v) is 2.69. The van der Waals surface area contributed by atoms with E-state index in [1.807, 2.05) is 24.3 Å². The second-order valence-corrected chi connectivity index (χ2v) is 4.19. The zero-order valence-electron chi connectivity index (χ0n) is 9.62. The van der Waals surface area contributed by atoms with E-state index in [-0.39, 0.29) is 6.10 Å². The second-order valence-electron chi connectivity index (χ2n) is 3.92. The number of halogens is 1. The summed E-state index contributed by atoms with van der Waals surface area (Å²) in [5, 5.41) is 0. The minimum atomic E-state index is 0.167. The highest BCUT2D eigenvalue weighted by molar-refractivity contribution is 6.19. The second kappa shape index (κ2) is 6.54. The molecule has 0 N–H and O–H groups in total. The summed E-state index contributed by atoms with van der Waals surface area (Å²) in [4.78, 5) is 0. The average Bonchev–Trinajstić information content (AvgIpc) is 2.38. The van der Waals surface area contributed by atoms with E-state index in [0.29, 0.717) is 12.5 Å². The van der Waals surface area contributed by atoms with Crippen molar-refractivity contribution >= 4 is 11.6 Å². The first-order valence-corrected chi connectivity index (χ1v) is 6.31. The van der Waals surface area contributed by atoms with Crippen molar-refractivity contribution in [2.75, 3.05) is 19.1 Å². The minimum absolute atomic E-state index is 0.167. The van der Waals surface area contributed by atoms with Gasteiger partial charge in [0.2, 0.25) is 0 Å². The molecule has 0 spiro atoms. The molecule has 2 rings (SSSR count). The van der Waals surface area contributed by atoms with Crippen molar-refractivity contribution in [2.24, 2.45) is 0 Å². The van der Waals surface area contributed by atoms with Crippen molar-refractivity contribution in [3.8, 4) is 17.6 Å². The normalized spacial score (nSPS) is 19.2. The molecule has 1 atom stereocenters. The topological polar surface area (TPSA) is 18.5 Å². The molecule has 0 aromatic heterocycles. The Kier molecular flexibility index (Phi) is 4.73. The van der Waals surface area contributed by atoms with Gasteiger partial charge in [-0.05, 0) is 31.0 Å². The van der Waals surface area contributed by atoms with Crippen LogP contribution in [0, 0.1) is 11.8 Å². The van der Waals surface area contributed by atoms with Crippen LogP contribution in [0.3, 0.4) is 0 Å². The summed E-state index contributed by atoms with van der Waals surface area (Å²) in [7, 11) is 0. The van der Waals surface area contributed by atoms with Crippen LogP contribution in [0.1, 0.15) is 18.4 Å². The van der Waals surface area contributed by atoms with Gasteiger partial charge < -0.3 is 9.47 Å². The molecule has 0 radical (unpaired) electrons. The van der Waals surface area contributed by atoms with Crippen LogP contribution in [0.2, 0.25) is 0 Å². The van der Waals surface area contributed by atoms with Gasteiger partial charge in [0.15, 0.2) is 0 Å². The fourth-order valence-corrected chi connectivity index (χ4v) is 1.85. The zero-order chi connectivity index (χ0) is 11.9. The van der Waals surface area contributed by atoms with Gasteiger partial charge in [0, 0.05) is 12.2 Å². The molecule has 1 aromatic rings.